The summed E-state index contributed by atoms with van der Waals surface area (Å²) in [7, 11) is 0. The first-order valence-electron chi connectivity index (χ1n) is 12.8. The maximum absolute atomic E-state index is 12.9. The Labute approximate surface area is 227 Å². The highest BCUT2D eigenvalue weighted by atomic mass is 35.5. The molecule has 196 valence electrons. The molecule has 0 unspecified atom stereocenters. The summed E-state index contributed by atoms with van der Waals surface area (Å²) in [6.45, 7) is 6.90. The third-order valence-corrected chi connectivity index (χ3v) is 7.06. The predicted octanol–water partition coefficient (Wildman–Crippen LogP) is 5.52. The maximum atomic E-state index is 12.9. The van der Waals surface area contributed by atoms with Gasteiger partial charge in [0.05, 0.1) is 23.2 Å². The Kier molecular flexibility index (Phi) is 7.51. The van der Waals surface area contributed by atoms with Crippen LogP contribution in [0.2, 0.25) is 5.02 Å². The molecule has 3 aromatic carbocycles. The number of nitrogens with two attached hydrogens (primary N) is 1. The average molecular weight is 531 g/mol. The van der Waals surface area contributed by atoms with Crippen molar-refractivity contribution < 1.29 is 9.53 Å². The molecule has 0 spiro atoms. The number of rotatable bonds is 6. The number of halogens is 1. The van der Waals surface area contributed by atoms with Gasteiger partial charge in [-0.05, 0) is 54.8 Å². The van der Waals surface area contributed by atoms with Gasteiger partial charge < -0.3 is 25.6 Å². The van der Waals surface area contributed by atoms with Crippen LogP contribution in [-0.2, 0) is 0 Å². The Morgan fingerprint density at radius 1 is 1.03 bits per heavy atom. The molecule has 1 aliphatic heterocycles. The van der Waals surface area contributed by atoms with Crippen LogP contribution in [0.3, 0.4) is 0 Å². The van der Waals surface area contributed by atoms with Crippen molar-refractivity contribution in [2.24, 2.45) is 0 Å². The first-order valence-corrected chi connectivity index (χ1v) is 13.2. The highest BCUT2D eigenvalue weighted by Gasteiger charge is 2.25. The fraction of sp³-hybridized carbons (Fsp3) is 0.276. The van der Waals surface area contributed by atoms with E-state index in [0.717, 1.165) is 33.4 Å². The molecule has 9 heteroatoms. The number of urea groups is 1. The van der Waals surface area contributed by atoms with Gasteiger partial charge in [-0.2, -0.15) is 4.98 Å². The number of anilines is 2. The van der Waals surface area contributed by atoms with E-state index < -0.39 is 0 Å². The molecule has 1 saturated heterocycles. The van der Waals surface area contributed by atoms with E-state index in [1.54, 1.807) is 0 Å². The van der Waals surface area contributed by atoms with Crippen molar-refractivity contribution in [3.63, 3.8) is 0 Å². The third-order valence-electron chi connectivity index (χ3n) is 6.76. The van der Waals surface area contributed by atoms with Crippen LogP contribution in [0.1, 0.15) is 25.5 Å². The van der Waals surface area contributed by atoms with Gasteiger partial charge in [0.2, 0.25) is 5.95 Å². The SMILES string of the molecule is CCOc1ccc(-c2ccc3nc(N)nc(N4CCN(C(=O)N[C@H](C)c5ccccc5)CC4)c3c2)cc1Cl. The number of ether oxygens (including phenoxy) is 1. The van der Waals surface area contributed by atoms with Gasteiger partial charge in [0, 0.05) is 31.6 Å². The lowest BCUT2D eigenvalue weighted by atomic mass is 10.0. The molecule has 5 rings (SSSR count). The van der Waals surface area contributed by atoms with Gasteiger partial charge >= 0.3 is 6.03 Å². The largest absolute Gasteiger partial charge is 0.492 e. The highest BCUT2D eigenvalue weighted by Crippen LogP contribution is 2.34. The van der Waals surface area contributed by atoms with E-state index in [2.05, 4.69) is 26.3 Å². The number of benzene rings is 3. The van der Waals surface area contributed by atoms with E-state index in [0.29, 0.717) is 43.6 Å². The zero-order valence-electron chi connectivity index (χ0n) is 21.5. The summed E-state index contributed by atoms with van der Waals surface area (Å²) in [6, 6.07) is 21.6. The number of amides is 2. The second-order valence-corrected chi connectivity index (χ2v) is 9.68. The lowest BCUT2D eigenvalue weighted by molar-refractivity contribution is 0.191. The van der Waals surface area contributed by atoms with Crippen LogP contribution in [0.25, 0.3) is 22.0 Å². The number of nitrogens with zero attached hydrogens (tertiary/aromatic N) is 4. The quantitative estimate of drug-likeness (QED) is 0.340. The zero-order valence-corrected chi connectivity index (χ0v) is 22.3. The van der Waals surface area contributed by atoms with Gasteiger partial charge in [-0.1, -0.05) is 54.1 Å². The molecular formula is C29H31ClN6O2. The van der Waals surface area contributed by atoms with Crippen molar-refractivity contribution in [2.75, 3.05) is 43.4 Å². The molecule has 0 bridgehead atoms. The summed E-state index contributed by atoms with van der Waals surface area (Å²) in [5.74, 6) is 1.65. The summed E-state index contributed by atoms with van der Waals surface area (Å²) in [4.78, 5) is 26.0. The number of nitrogen functional groups attached to an aromatic ring is 1. The molecular weight excluding hydrogens is 500 g/mol. The van der Waals surface area contributed by atoms with Crippen molar-refractivity contribution in [2.45, 2.75) is 19.9 Å². The summed E-state index contributed by atoms with van der Waals surface area (Å²) >= 11 is 6.44. The van der Waals surface area contributed by atoms with Crippen LogP contribution in [0.5, 0.6) is 5.75 Å². The smallest absolute Gasteiger partial charge is 0.317 e. The average Bonchev–Trinajstić information content (AvgIpc) is 2.94. The van der Waals surface area contributed by atoms with Crippen molar-refractivity contribution in [3.8, 4) is 16.9 Å². The number of aromatic nitrogens is 2. The number of hydrogen-bond acceptors (Lipinski definition) is 6. The molecule has 4 aromatic rings. The predicted molar refractivity (Wildman–Crippen MR) is 153 cm³/mol. The molecule has 0 aliphatic carbocycles. The molecule has 3 N–H and O–H groups in total. The normalized spacial score (nSPS) is 14.4. The van der Waals surface area contributed by atoms with Crippen LogP contribution in [0, 0.1) is 0 Å². The Bertz CT molecular complexity index is 1440. The Morgan fingerprint density at radius 2 is 1.74 bits per heavy atom. The molecule has 2 heterocycles. The first kappa shape index (κ1) is 25.6. The fourth-order valence-electron chi connectivity index (χ4n) is 4.73. The molecule has 1 atom stereocenters. The third kappa shape index (κ3) is 5.45. The molecule has 2 amide bonds. The van der Waals surface area contributed by atoms with Gasteiger partial charge in [-0.15, -0.1) is 0 Å². The minimum absolute atomic E-state index is 0.0669. The Balaban J connectivity index is 1.34. The van der Waals surface area contributed by atoms with Gasteiger partial charge in [-0.3, -0.25) is 0 Å². The van der Waals surface area contributed by atoms with E-state index in [1.807, 2.05) is 79.4 Å². The molecule has 38 heavy (non-hydrogen) atoms. The molecule has 1 aromatic heterocycles. The number of carbonyl (C=O) groups excluding carboxylic acids is 1. The van der Waals surface area contributed by atoms with E-state index in [1.165, 1.54) is 0 Å². The second kappa shape index (κ2) is 11.1. The molecule has 1 fully saturated rings. The summed E-state index contributed by atoms with van der Waals surface area (Å²) in [5, 5.41) is 4.57. The monoisotopic (exact) mass is 530 g/mol. The molecule has 8 nitrogen and oxygen atoms in total. The summed E-state index contributed by atoms with van der Waals surface area (Å²) in [5.41, 5.74) is 9.88. The minimum Gasteiger partial charge on any atom is -0.492 e. The van der Waals surface area contributed by atoms with Gasteiger partial charge in [0.15, 0.2) is 0 Å². The van der Waals surface area contributed by atoms with E-state index in [9.17, 15) is 4.79 Å². The van der Waals surface area contributed by atoms with Crippen molar-refractivity contribution in [1.82, 2.24) is 20.2 Å². The van der Waals surface area contributed by atoms with Crippen molar-refractivity contribution >= 4 is 40.3 Å². The van der Waals surface area contributed by atoms with Gasteiger partial charge in [0.1, 0.15) is 11.6 Å². The van der Waals surface area contributed by atoms with E-state index in [-0.39, 0.29) is 18.0 Å². The van der Waals surface area contributed by atoms with Crippen LogP contribution < -0.4 is 20.7 Å². The van der Waals surface area contributed by atoms with Gasteiger partial charge in [-0.25, -0.2) is 9.78 Å². The second-order valence-electron chi connectivity index (χ2n) is 9.27. The summed E-state index contributed by atoms with van der Waals surface area (Å²) in [6.07, 6.45) is 0. The van der Waals surface area contributed by atoms with Crippen molar-refractivity contribution in [3.05, 3.63) is 77.3 Å². The standard InChI is InChI=1S/C29H31ClN6O2/c1-3-38-26-12-10-22(18-24(26)30)21-9-11-25-23(17-21)27(34-28(31)33-25)35-13-15-36(16-14-35)29(37)32-19(2)20-7-5-4-6-8-20/h4-12,17-19H,3,13-16H2,1-2H3,(H,32,37)(H2,31,33,34)/t19-/m1/s1. The summed E-state index contributed by atoms with van der Waals surface area (Å²) < 4.78 is 5.57. The Morgan fingerprint density at radius 3 is 2.45 bits per heavy atom. The maximum Gasteiger partial charge on any atom is 0.317 e. The number of hydrogen-bond donors (Lipinski definition) is 2. The van der Waals surface area contributed by atoms with Gasteiger partial charge in [0.25, 0.3) is 0 Å². The molecule has 1 aliphatic rings. The number of fused-ring (bicyclic) bond motifs is 1. The van der Waals surface area contributed by atoms with Crippen LogP contribution >= 0.6 is 11.6 Å². The highest BCUT2D eigenvalue weighted by molar-refractivity contribution is 6.32. The zero-order chi connectivity index (χ0) is 26.6. The number of nitrogens with one attached hydrogen (secondary N) is 1. The first-order chi connectivity index (χ1) is 18.4. The van der Waals surface area contributed by atoms with Crippen molar-refractivity contribution in [1.29, 1.82) is 0 Å². The van der Waals surface area contributed by atoms with Crippen LogP contribution in [-0.4, -0.2) is 53.7 Å². The van der Waals surface area contributed by atoms with Crippen LogP contribution in [0.15, 0.2) is 66.7 Å². The minimum atomic E-state index is -0.0677. The lowest BCUT2D eigenvalue weighted by Gasteiger charge is -2.36. The molecule has 0 saturated carbocycles. The van der Waals surface area contributed by atoms with Crippen LogP contribution in [0.4, 0.5) is 16.6 Å². The number of carbonyl (C=O) groups is 1. The lowest BCUT2D eigenvalue weighted by Crippen LogP contribution is -2.52. The van der Waals surface area contributed by atoms with E-state index >= 15 is 0 Å². The topological polar surface area (TPSA) is 96.6 Å². The Hall–Kier alpha value is -4.04. The number of piperazine rings is 1. The fourth-order valence-corrected chi connectivity index (χ4v) is 4.96. The van der Waals surface area contributed by atoms with E-state index in [4.69, 9.17) is 22.1 Å². The molecule has 0 radical (unpaired) electrons.